The average Bonchev–Trinajstić information content (AvgIpc) is 0.907. The maximum absolute atomic E-state index is 13.1. The summed E-state index contributed by atoms with van der Waals surface area (Å²) in [5.74, 6) is 0.352. The summed E-state index contributed by atoms with van der Waals surface area (Å²) in [6, 6.07) is 0. The van der Waals surface area contributed by atoms with E-state index in [9.17, 15) is 43.2 Å². The van der Waals surface area contributed by atoms with Gasteiger partial charge in [0.05, 0.1) is 26.4 Å². The molecule has 0 spiro atoms. The van der Waals surface area contributed by atoms with Crippen LogP contribution in [0.1, 0.15) is 453 Å². The molecule has 19 heteroatoms. The topological polar surface area (TPSA) is 237 Å². The number of phosphoric acid groups is 2. The van der Waals surface area contributed by atoms with Gasteiger partial charge in [-0.15, -0.1) is 0 Å². The summed E-state index contributed by atoms with van der Waals surface area (Å²) in [4.78, 5) is 73.2. The minimum absolute atomic E-state index is 0.108. The van der Waals surface area contributed by atoms with Crippen molar-refractivity contribution in [2.45, 2.75) is 471 Å². The first-order valence-corrected chi connectivity index (χ1v) is 47.4. The van der Waals surface area contributed by atoms with Crippen molar-refractivity contribution in [3.8, 4) is 0 Å². The molecule has 3 N–H and O–H groups in total. The van der Waals surface area contributed by atoms with Crippen molar-refractivity contribution in [1.29, 1.82) is 0 Å². The molecule has 624 valence electrons. The second-order valence-electron chi connectivity index (χ2n) is 32.1. The number of aliphatic hydroxyl groups excluding tert-OH is 1. The Balaban J connectivity index is 5.25. The van der Waals surface area contributed by atoms with E-state index in [-0.39, 0.29) is 25.7 Å². The third kappa shape index (κ3) is 78.5. The number of unbranched alkanes of at least 4 members (excludes halogenated alkanes) is 51. The van der Waals surface area contributed by atoms with E-state index in [1.54, 1.807) is 0 Å². The minimum Gasteiger partial charge on any atom is -0.462 e. The monoisotopic (exact) mass is 1540 g/mol. The van der Waals surface area contributed by atoms with Gasteiger partial charge in [0.2, 0.25) is 0 Å². The summed E-state index contributed by atoms with van der Waals surface area (Å²) in [5.41, 5.74) is 0. The number of aliphatic hydroxyl groups is 1. The average molecular weight is 1540 g/mol. The fraction of sp³-hybridized carbons (Fsp3) is 0.953. The first-order valence-electron chi connectivity index (χ1n) is 44.4. The molecule has 17 nitrogen and oxygen atoms in total. The predicted octanol–water partition coefficient (Wildman–Crippen LogP) is 26.1. The van der Waals surface area contributed by atoms with Crippen molar-refractivity contribution in [3.05, 3.63) is 0 Å². The van der Waals surface area contributed by atoms with Gasteiger partial charge in [-0.2, -0.15) is 0 Å². The van der Waals surface area contributed by atoms with E-state index in [0.29, 0.717) is 25.7 Å². The van der Waals surface area contributed by atoms with Crippen molar-refractivity contribution >= 4 is 39.5 Å². The zero-order chi connectivity index (χ0) is 77.2. The second-order valence-corrected chi connectivity index (χ2v) is 35.0. The Morgan fingerprint density at radius 3 is 0.724 bits per heavy atom. The molecule has 0 saturated heterocycles. The normalized spacial score (nSPS) is 14.1. The molecule has 6 atom stereocenters. The summed E-state index contributed by atoms with van der Waals surface area (Å²) in [7, 11) is -9.93. The number of phosphoric ester groups is 2. The Morgan fingerprint density at radius 1 is 0.276 bits per heavy atom. The van der Waals surface area contributed by atoms with Crippen LogP contribution in [0.25, 0.3) is 0 Å². The second kappa shape index (κ2) is 76.1. The highest BCUT2D eigenvalue weighted by atomic mass is 31.2. The number of carbonyl (C=O) groups excluding carboxylic acids is 4. The van der Waals surface area contributed by atoms with Crippen LogP contribution in [0.4, 0.5) is 0 Å². The fourth-order valence-electron chi connectivity index (χ4n) is 13.3. The first kappa shape index (κ1) is 103. The lowest BCUT2D eigenvalue weighted by Gasteiger charge is -2.21. The predicted molar refractivity (Wildman–Crippen MR) is 432 cm³/mol. The van der Waals surface area contributed by atoms with Gasteiger partial charge in [0, 0.05) is 25.7 Å². The summed E-state index contributed by atoms with van der Waals surface area (Å²) < 4.78 is 68.9. The van der Waals surface area contributed by atoms with Crippen molar-refractivity contribution in [2.24, 2.45) is 17.8 Å². The Morgan fingerprint density at radius 2 is 0.486 bits per heavy atom. The molecule has 0 amide bonds. The lowest BCUT2D eigenvalue weighted by molar-refractivity contribution is -0.161. The van der Waals surface area contributed by atoms with E-state index >= 15 is 0 Å². The van der Waals surface area contributed by atoms with Crippen LogP contribution in [-0.2, 0) is 65.4 Å². The third-order valence-electron chi connectivity index (χ3n) is 20.5. The van der Waals surface area contributed by atoms with Crippen LogP contribution in [0, 0.1) is 17.8 Å². The molecule has 0 heterocycles. The van der Waals surface area contributed by atoms with Crippen LogP contribution in [0.5, 0.6) is 0 Å². The van der Waals surface area contributed by atoms with Gasteiger partial charge < -0.3 is 33.8 Å². The van der Waals surface area contributed by atoms with E-state index in [0.717, 1.165) is 108 Å². The van der Waals surface area contributed by atoms with E-state index in [4.69, 9.17) is 37.0 Å². The molecule has 0 bridgehead atoms. The van der Waals surface area contributed by atoms with Crippen LogP contribution >= 0.6 is 15.6 Å². The number of rotatable bonds is 84. The standard InChI is InChI=1S/C86H168O17P2/c1-8-10-11-12-13-14-29-39-46-53-60-67-83(88)96-73-81(102-86(91)70-63-56-49-42-35-28-22-21-25-32-38-45-52-59-66-79(7)9-2)75-100-104(92,93)98-71-80(87)72-99-105(94,95)101-76-82(103-85(90)69-62-55-48-41-34-27-20-16-18-24-31-37-44-51-58-65-78(5)6)74-97-84(89)68-61-54-47-40-33-26-19-15-17-23-30-36-43-50-57-64-77(3)4/h77-82,87H,8-76H2,1-7H3,(H,92,93)(H,94,95)/t79?,80-,81+,82+/m0/s1. The van der Waals surface area contributed by atoms with Crippen LogP contribution in [0.3, 0.4) is 0 Å². The van der Waals surface area contributed by atoms with Crippen molar-refractivity contribution < 1.29 is 80.2 Å². The molecular formula is C86H168O17P2. The van der Waals surface area contributed by atoms with Crippen LogP contribution < -0.4 is 0 Å². The van der Waals surface area contributed by atoms with Crippen LogP contribution in [0.15, 0.2) is 0 Å². The quantitative estimate of drug-likeness (QED) is 0.0222. The lowest BCUT2D eigenvalue weighted by atomic mass is 9.99. The molecule has 3 unspecified atom stereocenters. The van der Waals surface area contributed by atoms with Gasteiger partial charge in [0.15, 0.2) is 12.2 Å². The molecule has 105 heavy (non-hydrogen) atoms. The van der Waals surface area contributed by atoms with Gasteiger partial charge in [-0.1, -0.05) is 402 Å². The largest absolute Gasteiger partial charge is 0.472 e. The summed E-state index contributed by atoms with van der Waals surface area (Å²) in [6.07, 6.45) is 66.4. The summed E-state index contributed by atoms with van der Waals surface area (Å²) in [5, 5.41) is 10.7. The zero-order valence-electron chi connectivity index (χ0n) is 69.2. The van der Waals surface area contributed by atoms with Crippen molar-refractivity contribution in [2.75, 3.05) is 39.6 Å². The summed E-state index contributed by atoms with van der Waals surface area (Å²) >= 11 is 0. The van der Waals surface area contributed by atoms with Crippen molar-refractivity contribution in [1.82, 2.24) is 0 Å². The molecule has 0 aromatic heterocycles. The molecule has 0 aromatic carbocycles. The Labute approximate surface area is 645 Å². The number of hydrogen-bond donors (Lipinski definition) is 3. The van der Waals surface area contributed by atoms with Crippen LogP contribution in [0.2, 0.25) is 0 Å². The Bertz CT molecular complexity index is 2030. The molecule has 0 aliphatic rings. The zero-order valence-corrected chi connectivity index (χ0v) is 71.0. The van der Waals surface area contributed by atoms with Gasteiger partial charge in [-0.05, 0) is 43.4 Å². The molecule has 0 radical (unpaired) electrons. The fourth-order valence-corrected chi connectivity index (χ4v) is 14.9. The van der Waals surface area contributed by atoms with Gasteiger partial charge in [-0.25, -0.2) is 9.13 Å². The van der Waals surface area contributed by atoms with Gasteiger partial charge in [0.25, 0.3) is 0 Å². The van der Waals surface area contributed by atoms with E-state index < -0.39 is 97.5 Å². The van der Waals surface area contributed by atoms with Gasteiger partial charge in [-0.3, -0.25) is 37.3 Å². The first-order chi connectivity index (χ1) is 50.8. The summed E-state index contributed by atoms with van der Waals surface area (Å²) in [6.45, 7) is 12.1. The van der Waals surface area contributed by atoms with Gasteiger partial charge >= 0.3 is 39.5 Å². The highest BCUT2D eigenvalue weighted by Crippen LogP contribution is 2.45. The van der Waals surface area contributed by atoms with E-state index in [2.05, 4.69) is 48.5 Å². The lowest BCUT2D eigenvalue weighted by Crippen LogP contribution is -2.30. The smallest absolute Gasteiger partial charge is 0.462 e. The molecule has 0 aliphatic carbocycles. The van der Waals surface area contributed by atoms with Crippen molar-refractivity contribution in [3.63, 3.8) is 0 Å². The highest BCUT2D eigenvalue weighted by Gasteiger charge is 2.30. The van der Waals surface area contributed by atoms with E-state index in [1.165, 1.54) is 263 Å². The molecule has 0 aromatic rings. The number of carbonyl (C=O) groups is 4. The highest BCUT2D eigenvalue weighted by molar-refractivity contribution is 7.47. The minimum atomic E-state index is -4.97. The number of hydrogen-bond acceptors (Lipinski definition) is 15. The SMILES string of the molecule is CCCCCCCCCCCCCC(=O)OC[C@H](COP(=O)(O)OC[C@H](O)COP(=O)(O)OC[C@@H](COC(=O)CCCCCCCCCCCCCCCCCC(C)C)OC(=O)CCCCCCCCCCCCCCCCCC(C)C)OC(=O)CCCCCCCCCCCCCCCCC(C)CC. The molecule has 0 aliphatic heterocycles. The van der Waals surface area contributed by atoms with Crippen LogP contribution in [-0.4, -0.2) is 96.7 Å². The number of ether oxygens (including phenoxy) is 4. The maximum Gasteiger partial charge on any atom is 0.472 e. The molecule has 0 fully saturated rings. The van der Waals surface area contributed by atoms with Gasteiger partial charge in [0.1, 0.15) is 19.3 Å². The van der Waals surface area contributed by atoms with E-state index in [1.807, 2.05) is 0 Å². The Hall–Kier alpha value is -1.94. The molecular weight excluding hydrogens is 1370 g/mol. The number of esters is 4. The molecule has 0 saturated carbocycles. The third-order valence-corrected chi connectivity index (χ3v) is 22.4. The molecule has 0 rings (SSSR count). The Kier molecular flexibility index (Phi) is 74.7. The maximum atomic E-state index is 13.1.